The molecule has 14 heavy (non-hydrogen) atoms. The first kappa shape index (κ1) is 10.7. The maximum atomic E-state index is 11.1. The predicted octanol–water partition coefficient (Wildman–Crippen LogP) is 2.01. The van der Waals surface area contributed by atoms with Crippen LogP contribution in [-0.2, 0) is 14.3 Å². The quantitative estimate of drug-likeness (QED) is 0.441. The molecule has 1 rings (SSSR count). The third-order valence-corrected chi connectivity index (χ3v) is 1.84. The van der Waals surface area contributed by atoms with Gasteiger partial charge in [-0.15, -0.1) is 0 Å². The largest absolute Gasteiger partial charge is 0.491 e. The number of esters is 1. The summed E-state index contributed by atoms with van der Waals surface area (Å²) < 4.78 is 14.4. The Morgan fingerprint density at radius 3 is 2.57 bits per heavy atom. The summed E-state index contributed by atoms with van der Waals surface area (Å²) in [6.07, 6.45) is 1.45. The van der Waals surface area contributed by atoms with Crippen molar-refractivity contribution in [3.63, 3.8) is 0 Å². The lowest BCUT2D eigenvalue weighted by Crippen LogP contribution is -2.03. The molecule has 0 saturated heterocycles. The van der Waals surface area contributed by atoms with Crippen molar-refractivity contribution in [3.8, 4) is 0 Å². The molecule has 0 aliphatic carbocycles. The van der Waals surface area contributed by atoms with Crippen LogP contribution in [0.25, 0.3) is 5.76 Å². The first-order valence-corrected chi connectivity index (χ1v) is 4.14. The molecule has 1 heterocycles. The Morgan fingerprint density at radius 1 is 1.43 bits per heavy atom. The van der Waals surface area contributed by atoms with Gasteiger partial charge in [-0.2, -0.15) is 0 Å². The fourth-order valence-corrected chi connectivity index (χ4v) is 1.14. The molecular weight excluding hydrogens is 208 g/mol. The van der Waals surface area contributed by atoms with Gasteiger partial charge < -0.3 is 13.9 Å². The van der Waals surface area contributed by atoms with Crippen LogP contribution >= 0.6 is 11.6 Å². The number of rotatable bonds is 3. The summed E-state index contributed by atoms with van der Waals surface area (Å²) in [4.78, 5) is 11.1. The minimum absolute atomic E-state index is 0.148. The molecule has 0 radical (unpaired) electrons. The van der Waals surface area contributed by atoms with E-state index in [1.54, 1.807) is 12.1 Å². The molecule has 0 aliphatic rings. The van der Waals surface area contributed by atoms with E-state index in [1.807, 2.05) is 0 Å². The van der Waals surface area contributed by atoms with E-state index in [0.717, 1.165) is 0 Å². The SMILES string of the molecule is COC(=O)/C(Cl)=C(\OC)c1ccco1. The van der Waals surface area contributed by atoms with Crippen LogP contribution in [0.15, 0.2) is 27.8 Å². The highest BCUT2D eigenvalue weighted by Crippen LogP contribution is 2.23. The van der Waals surface area contributed by atoms with E-state index in [1.165, 1.54) is 20.5 Å². The topological polar surface area (TPSA) is 48.7 Å². The van der Waals surface area contributed by atoms with Crippen molar-refractivity contribution in [1.82, 2.24) is 0 Å². The number of hydrogen-bond donors (Lipinski definition) is 0. The monoisotopic (exact) mass is 216 g/mol. The molecule has 0 N–H and O–H groups in total. The molecule has 0 fully saturated rings. The molecule has 0 atom stereocenters. The van der Waals surface area contributed by atoms with Gasteiger partial charge in [0.05, 0.1) is 20.5 Å². The third-order valence-electron chi connectivity index (χ3n) is 1.51. The number of furan rings is 1. The normalized spacial score (nSPS) is 11.9. The minimum Gasteiger partial charge on any atom is -0.491 e. The van der Waals surface area contributed by atoms with Gasteiger partial charge in [0.15, 0.2) is 16.6 Å². The molecule has 0 spiro atoms. The number of carbonyl (C=O) groups is 1. The van der Waals surface area contributed by atoms with Crippen molar-refractivity contribution < 1.29 is 18.7 Å². The van der Waals surface area contributed by atoms with Gasteiger partial charge in [-0.05, 0) is 12.1 Å². The predicted molar refractivity (Wildman–Crippen MR) is 50.5 cm³/mol. The lowest BCUT2D eigenvalue weighted by molar-refractivity contribution is -0.135. The summed E-state index contributed by atoms with van der Waals surface area (Å²) in [5, 5.41) is -0.148. The van der Waals surface area contributed by atoms with Crippen molar-refractivity contribution in [3.05, 3.63) is 29.2 Å². The molecule has 1 aromatic rings. The number of carbonyl (C=O) groups excluding carboxylic acids is 1. The maximum Gasteiger partial charge on any atom is 0.353 e. The zero-order valence-electron chi connectivity index (χ0n) is 7.74. The number of halogens is 1. The fraction of sp³-hybridized carbons (Fsp3) is 0.222. The Labute approximate surface area is 86.1 Å². The molecule has 0 unspecified atom stereocenters. The van der Waals surface area contributed by atoms with E-state index in [0.29, 0.717) is 5.76 Å². The Morgan fingerprint density at radius 2 is 2.14 bits per heavy atom. The second-order valence-corrected chi connectivity index (χ2v) is 2.69. The van der Waals surface area contributed by atoms with Gasteiger partial charge in [-0.1, -0.05) is 11.6 Å². The molecule has 5 heteroatoms. The zero-order valence-corrected chi connectivity index (χ0v) is 8.50. The lowest BCUT2D eigenvalue weighted by Gasteiger charge is -2.04. The molecule has 1 aromatic heterocycles. The van der Waals surface area contributed by atoms with Crippen LogP contribution < -0.4 is 0 Å². The molecule has 4 nitrogen and oxygen atoms in total. The van der Waals surface area contributed by atoms with Crippen LogP contribution in [-0.4, -0.2) is 20.2 Å². The molecular formula is C9H9ClO4. The summed E-state index contributed by atoms with van der Waals surface area (Å²) in [6.45, 7) is 0. The molecule has 0 bridgehead atoms. The van der Waals surface area contributed by atoms with E-state index in [-0.39, 0.29) is 10.8 Å². The van der Waals surface area contributed by atoms with Crippen LogP contribution in [0.2, 0.25) is 0 Å². The van der Waals surface area contributed by atoms with E-state index in [9.17, 15) is 4.79 Å². The molecule has 0 amide bonds. The van der Waals surface area contributed by atoms with Gasteiger partial charge in [0.1, 0.15) is 0 Å². The highest BCUT2D eigenvalue weighted by atomic mass is 35.5. The van der Waals surface area contributed by atoms with Gasteiger partial charge in [-0.25, -0.2) is 4.79 Å². The summed E-state index contributed by atoms with van der Waals surface area (Å²) in [6, 6.07) is 3.29. The zero-order chi connectivity index (χ0) is 10.6. The van der Waals surface area contributed by atoms with Crippen LogP contribution in [0.3, 0.4) is 0 Å². The van der Waals surface area contributed by atoms with Gasteiger partial charge in [0.2, 0.25) is 0 Å². The number of hydrogen-bond acceptors (Lipinski definition) is 4. The number of ether oxygens (including phenoxy) is 2. The summed E-state index contributed by atoms with van der Waals surface area (Å²) in [5.41, 5.74) is 0. The van der Waals surface area contributed by atoms with E-state index < -0.39 is 5.97 Å². The van der Waals surface area contributed by atoms with Crippen molar-refractivity contribution in [2.45, 2.75) is 0 Å². The summed E-state index contributed by atoms with van der Waals surface area (Å²) >= 11 is 5.71. The summed E-state index contributed by atoms with van der Waals surface area (Å²) in [7, 11) is 2.63. The van der Waals surface area contributed by atoms with Gasteiger partial charge >= 0.3 is 5.97 Å². The Bertz CT molecular complexity index is 340. The van der Waals surface area contributed by atoms with E-state index >= 15 is 0 Å². The average Bonchev–Trinajstić information content (AvgIpc) is 2.71. The van der Waals surface area contributed by atoms with Crippen LogP contribution in [0.4, 0.5) is 0 Å². The van der Waals surface area contributed by atoms with Crippen molar-refractivity contribution in [2.24, 2.45) is 0 Å². The highest BCUT2D eigenvalue weighted by molar-refractivity contribution is 6.43. The van der Waals surface area contributed by atoms with Crippen molar-refractivity contribution >= 4 is 23.3 Å². The Balaban J connectivity index is 3.07. The third kappa shape index (κ3) is 2.09. The Kier molecular flexibility index (Phi) is 3.59. The smallest absolute Gasteiger partial charge is 0.353 e. The molecule has 0 saturated carbocycles. The summed E-state index contributed by atoms with van der Waals surface area (Å²) in [5.74, 6) is -0.133. The van der Waals surface area contributed by atoms with Crippen LogP contribution in [0.5, 0.6) is 0 Å². The minimum atomic E-state index is -0.667. The highest BCUT2D eigenvalue weighted by Gasteiger charge is 2.17. The first-order chi connectivity index (χ1) is 6.70. The van der Waals surface area contributed by atoms with Gasteiger partial charge in [0.25, 0.3) is 0 Å². The second-order valence-electron chi connectivity index (χ2n) is 2.32. The molecule has 0 aliphatic heterocycles. The number of methoxy groups -OCH3 is 2. The lowest BCUT2D eigenvalue weighted by atomic mass is 10.3. The van der Waals surface area contributed by atoms with E-state index in [4.69, 9.17) is 20.8 Å². The Hall–Kier alpha value is -1.42. The van der Waals surface area contributed by atoms with Crippen LogP contribution in [0.1, 0.15) is 5.76 Å². The van der Waals surface area contributed by atoms with Crippen molar-refractivity contribution in [1.29, 1.82) is 0 Å². The second kappa shape index (κ2) is 4.72. The average molecular weight is 217 g/mol. The molecule has 0 aromatic carbocycles. The van der Waals surface area contributed by atoms with E-state index in [2.05, 4.69) is 4.74 Å². The molecule has 76 valence electrons. The van der Waals surface area contributed by atoms with Gasteiger partial charge in [-0.3, -0.25) is 0 Å². The first-order valence-electron chi connectivity index (χ1n) is 3.76. The standard InChI is InChI=1S/C9H9ClO4/c1-12-8(6-4-3-5-14-6)7(10)9(11)13-2/h3-5H,1-2H3/b8-7+. The van der Waals surface area contributed by atoms with Gasteiger partial charge in [0, 0.05) is 0 Å². The van der Waals surface area contributed by atoms with Crippen LogP contribution in [0, 0.1) is 0 Å². The fourth-order valence-electron chi connectivity index (χ4n) is 0.888. The maximum absolute atomic E-state index is 11.1. The van der Waals surface area contributed by atoms with Crippen molar-refractivity contribution in [2.75, 3.05) is 14.2 Å².